The van der Waals surface area contributed by atoms with Crippen LogP contribution in [0.25, 0.3) is 0 Å². The Bertz CT molecular complexity index is 330. The Morgan fingerprint density at radius 3 is 2.15 bits per heavy atom. The fourth-order valence-electron chi connectivity index (χ4n) is 4.85. The van der Waals surface area contributed by atoms with Gasteiger partial charge in [0.1, 0.15) is 6.17 Å². The molecule has 1 unspecified atom stereocenters. The summed E-state index contributed by atoms with van der Waals surface area (Å²) in [6, 6.07) is 0. The van der Waals surface area contributed by atoms with Gasteiger partial charge < -0.3 is 0 Å². The van der Waals surface area contributed by atoms with E-state index in [1.165, 1.54) is 44.9 Å². The molecule has 0 spiro atoms. The molecule has 0 aromatic heterocycles. The van der Waals surface area contributed by atoms with Crippen LogP contribution in [-0.4, -0.2) is 6.17 Å². The molecular weight excluding hydrogens is 247 g/mol. The van der Waals surface area contributed by atoms with Gasteiger partial charge in [-0.1, -0.05) is 31.4 Å². The fraction of sp³-hybridized carbons (Fsp3) is 0.895. The molecule has 0 nitrogen and oxygen atoms in total. The quantitative estimate of drug-likeness (QED) is 0.538. The summed E-state index contributed by atoms with van der Waals surface area (Å²) in [5.41, 5.74) is 1.69. The summed E-state index contributed by atoms with van der Waals surface area (Å²) in [5, 5.41) is 0. The third-order valence-electron chi connectivity index (χ3n) is 6.39. The third kappa shape index (κ3) is 3.46. The molecule has 0 aromatic carbocycles. The Labute approximate surface area is 124 Å². The zero-order valence-corrected chi connectivity index (χ0v) is 13.1. The van der Waals surface area contributed by atoms with E-state index < -0.39 is 6.17 Å². The highest BCUT2D eigenvalue weighted by molar-refractivity contribution is 5.12. The molecule has 3 aliphatic rings. The number of allylic oxidation sites excluding steroid dienone is 2. The van der Waals surface area contributed by atoms with E-state index in [0.717, 1.165) is 49.4 Å². The molecule has 0 saturated heterocycles. The van der Waals surface area contributed by atoms with E-state index in [2.05, 4.69) is 13.0 Å². The van der Waals surface area contributed by atoms with Gasteiger partial charge in [-0.25, -0.2) is 4.39 Å². The van der Waals surface area contributed by atoms with Gasteiger partial charge in [0.05, 0.1) is 0 Å². The summed E-state index contributed by atoms with van der Waals surface area (Å²) >= 11 is 0. The molecule has 0 bridgehead atoms. The van der Waals surface area contributed by atoms with Gasteiger partial charge in [0.15, 0.2) is 0 Å². The van der Waals surface area contributed by atoms with E-state index in [4.69, 9.17) is 0 Å². The highest BCUT2D eigenvalue weighted by atomic mass is 19.1. The summed E-state index contributed by atoms with van der Waals surface area (Å²) in [5.74, 6) is 3.67. The van der Waals surface area contributed by atoms with Crippen molar-refractivity contribution >= 4 is 0 Å². The number of rotatable bonds is 2. The molecular formula is C19H31F. The second kappa shape index (κ2) is 6.62. The average molecular weight is 278 g/mol. The minimum absolute atomic E-state index is 0.507. The lowest BCUT2D eigenvalue weighted by Gasteiger charge is -2.36. The Kier molecular flexibility index (Phi) is 4.83. The predicted octanol–water partition coefficient (Wildman–Crippen LogP) is 6.07. The van der Waals surface area contributed by atoms with Crippen molar-refractivity contribution in [3.63, 3.8) is 0 Å². The number of hydrogen-bond acceptors (Lipinski definition) is 0. The molecule has 3 aliphatic carbocycles. The van der Waals surface area contributed by atoms with Crippen LogP contribution in [0.2, 0.25) is 0 Å². The van der Waals surface area contributed by atoms with Gasteiger partial charge in [0, 0.05) is 0 Å². The van der Waals surface area contributed by atoms with Crippen molar-refractivity contribution in [1.82, 2.24) is 0 Å². The number of halogens is 1. The molecule has 0 aliphatic heterocycles. The summed E-state index contributed by atoms with van der Waals surface area (Å²) < 4.78 is 13.2. The van der Waals surface area contributed by atoms with E-state index in [9.17, 15) is 4.39 Å². The molecule has 0 radical (unpaired) electrons. The maximum atomic E-state index is 13.2. The smallest absolute Gasteiger partial charge is 0.100 e. The first-order chi connectivity index (χ1) is 9.72. The second-order valence-corrected chi connectivity index (χ2v) is 7.78. The van der Waals surface area contributed by atoms with Gasteiger partial charge in [-0.05, 0) is 81.5 Å². The maximum absolute atomic E-state index is 13.2. The van der Waals surface area contributed by atoms with Crippen molar-refractivity contribution in [2.75, 3.05) is 0 Å². The molecule has 2 fully saturated rings. The van der Waals surface area contributed by atoms with E-state index in [0.29, 0.717) is 0 Å². The van der Waals surface area contributed by atoms with Crippen LogP contribution >= 0.6 is 0 Å². The van der Waals surface area contributed by atoms with Crippen LogP contribution in [0.1, 0.15) is 77.6 Å². The summed E-state index contributed by atoms with van der Waals surface area (Å²) in [4.78, 5) is 0. The van der Waals surface area contributed by atoms with Crippen molar-refractivity contribution in [2.45, 2.75) is 83.7 Å². The van der Waals surface area contributed by atoms with Crippen molar-refractivity contribution in [3.8, 4) is 0 Å². The van der Waals surface area contributed by atoms with Crippen LogP contribution in [0.5, 0.6) is 0 Å². The van der Waals surface area contributed by atoms with Gasteiger partial charge in [0.25, 0.3) is 0 Å². The lowest BCUT2D eigenvalue weighted by Crippen LogP contribution is -2.24. The third-order valence-corrected chi connectivity index (χ3v) is 6.39. The molecule has 2 saturated carbocycles. The Hall–Kier alpha value is -0.330. The van der Waals surface area contributed by atoms with Crippen LogP contribution in [-0.2, 0) is 0 Å². The van der Waals surface area contributed by atoms with Crippen LogP contribution in [0, 0.1) is 23.7 Å². The van der Waals surface area contributed by atoms with Gasteiger partial charge in [-0.3, -0.25) is 0 Å². The minimum atomic E-state index is -0.507. The second-order valence-electron chi connectivity index (χ2n) is 7.78. The van der Waals surface area contributed by atoms with Gasteiger partial charge in [-0.2, -0.15) is 0 Å². The van der Waals surface area contributed by atoms with Crippen LogP contribution < -0.4 is 0 Å². The maximum Gasteiger partial charge on any atom is 0.100 e. The molecule has 20 heavy (non-hydrogen) atoms. The van der Waals surface area contributed by atoms with Crippen LogP contribution in [0.15, 0.2) is 11.6 Å². The van der Waals surface area contributed by atoms with Crippen molar-refractivity contribution < 1.29 is 4.39 Å². The zero-order valence-electron chi connectivity index (χ0n) is 13.1. The molecule has 0 amide bonds. The van der Waals surface area contributed by atoms with Crippen molar-refractivity contribution in [1.29, 1.82) is 0 Å². The predicted molar refractivity (Wildman–Crippen MR) is 83.4 cm³/mol. The lowest BCUT2D eigenvalue weighted by molar-refractivity contribution is 0.190. The summed E-state index contributed by atoms with van der Waals surface area (Å²) in [7, 11) is 0. The first-order valence-electron chi connectivity index (χ1n) is 9.05. The van der Waals surface area contributed by atoms with Crippen LogP contribution in [0.3, 0.4) is 0 Å². The van der Waals surface area contributed by atoms with Gasteiger partial charge in [0.2, 0.25) is 0 Å². The van der Waals surface area contributed by atoms with Crippen LogP contribution in [0.4, 0.5) is 4.39 Å². The topological polar surface area (TPSA) is 0 Å². The first-order valence-corrected chi connectivity index (χ1v) is 9.05. The highest BCUT2D eigenvalue weighted by Crippen LogP contribution is 2.42. The molecule has 0 N–H and O–H groups in total. The normalized spacial score (nSPS) is 43.1. The molecule has 0 heterocycles. The highest BCUT2D eigenvalue weighted by Gasteiger charge is 2.30. The van der Waals surface area contributed by atoms with E-state index in [1.54, 1.807) is 5.57 Å². The average Bonchev–Trinajstić information content (AvgIpc) is 2.49. The summed E-state index contributed by atoms with van der Waals surface area (Å²) in [6.07, 6.45) is 15.8. The SMILES string of the molecule is CC1CCC(C2CC=C(C3CCC(F)CC3)CC2)CC1. The van der Waals surface area contributed by atoms with Crippen molar-refractivity contribution in [2.24, 2.45) is 23.7 Å². The molecule has 1 atom stereocenters. The monoisotopic (exact) mass is 278 g/mol. The number of hydrogen-bond donors (Lipinski definition) is 0. The van der Waals surface area contributed by atoms with E-state index >= 15 is 0 Å². The van der Waals surface area contributed by atoms with Crippen molar-refractivity contribution in [3.05, 3.63) is 11.6 Å². The largest absolute Gasteiger partial charge is 0.247 e. The zero-order chi connectivity index (χ0) is 13.9. The number of alkyl halides is 1. The van der Waals surface area contributed by atoms with Gasteiger partial charge in [-0.15, -0.1) is 0 Å². The summed E-state index contributed by atoms with van der Waals surface area (Å²) in [6.45, 7) is 2.41. The Morgan fingerprint density at radius 2 is 1.55 bits per heavy atom. The van der Waals surface area contributed by atoms with Gasteiger partial charge >= 0.3 is 0 Å². The lowest BCUT2D eigenvalue weighted by atomic mass is 9.70. The Morgan fingerprint density at radius 1 is 0.850 bits per heavy atom. The van der Waals surface area contributed by atoms with E-state index in [-0.39, 0.29) is 0 Å². The molecule has 3 rings (SSSR count). The fourth-order valence-corrected chi connectivity index (χ4v) is 4.85. The minimum Gasteiger partial charge on any atom is -0.247 e. The molecule has 114 valence electrons. The molecule has 1 heteroatoms. The van der Waals surface area contributed by atoms with E-state index in [1.807, 2.05) is 0 Å². The molecule has 0 aromatic rings. The Balaban J connectivity index is 1.50. The first kappa shape index (κ1) is 14.6. The standard InChI is InChI=1S/C19H31F/c1-14-2-4-15(5-3-14)16-6-8-17(9-7-16)18-10-12-19(20)13-11-18/h8,14-16,18-19H,2-7,9-13H2,1H3.